The first-order valence-electron chi connectivity index (χ1n) is 2.85. The van der Waals surface area contributed by atoms with Crippen molar-refractivity contribution in [2.75, 3.05) is 6.16 Å². The van der Waals surface area contributed by atoms with Crippen molar-refractivity contribution < 1.29 is 4.57 Å². The first-order chi connectivity index (χ1) is 4.51. The van der Waals surface area contributed by atoms with Gasteiger partial charge in [-0.3, -0.25) is 0 Å². The van der Waals surface area contributed by atoms with Gasteiger partial charge in [0, 0.05) is 11.2 Å². The van der Waals surface area contributed by atoms with E-state index in [4.69, 9.17) is 22.8 Å². The van der Waals surface area contributed by atoms with Crippen LogP contribution in [0.4, 0.5) is 0 Å². The van der Waals surface area contributed by atoms with Crippen LogP contribution in [0.2, 0.25) is 0 Å². The predicted molar refractivity (Wildman–Crippen MR) is 46.0 cm³/mol. The van der Waals surface area contributed by atoms with Crippen molar-refractivity contribution >= 4 is 29.3 Å². The fraction of sp³-hybridized carbons (Fsp3) is 0.333. The number of hydrogen-bond donors (Lipinski definition) is 0. The molecule has 1 aliphatic heterocycles. The molecule has 1 atom stereocenters. The molecule has 0 aromatic rings. The Bertz CT molecular complexity index is 254. The van der Waals surface area contributed by atoms with E-state index in [2.05, 4.69) is 0 Å². The largest absolute Gasteiger partial charge is 0.302 e. The molecule has 0 bridgehead atoms. The Kier molecular flexibility index (Phi) is 2.29. The topological polar surface area (TPSA) is 17.1 Å². The van der Waals surface area contributed by atoms with Crippen LogP contribution in [0.5, 0.6) is 0 Å². The molecular formula is C6H7Cl2OP. The zero-order valence-electron chi connectivity index (χ0n) is 5.47. The van der Waals surface area contributed by atoms with Crippen LogP contribution in [0, 0.1) is 0 Å². The molecule has 0 aromatic heterocycles. The average molecular weight is 197 g/mol. The molecule has 4 heteroatoms. The van der Waals surface area contributed by atoms with Gasteiger partial charge >= 0.3 is 0 Å². The standard InChI is InChI=1S/C6H7Cl2OP/c1-5-4-10(8,9)3-2-6(5)7/h2,4H,3H2,1H3. The van der Waals surface area contributed by atoms with Gasteiger partial charge in [-0.15, -0.1) is 0 Å². The van der Waals surface area contributed by atoms with Crippen LogP contribution in [-0.4, -0.2) is 6.16 Å². The van der Waals surface area contributed by atoms with E-state index in [1.54, 1.807) is 18.8 Å². The van der Waals surface area contributed by atoms with E-state index in [0.29, 0.717) is 11.2 Å². The highest BCUT2D eigenvalue weighted by atomic mass is 35.7. The molecule has 0 aliphatic carbocycles. The SMILES string of the molecule is CC1=CP(=O)(Cl)CC=C1Cl. The third kappa shape index (κ3) is 1.88. The molecule has 1 nitrogen and oxygen atoms in total. The zero-order valence-corrected chi connectivity index (χ0v) is 7.88. The summed E-state index contributed by atoms with van der Waals surface area (Å²) >= 11 is 11.3. The number of rotatable bonds is 0. The lowest BCUT2D eigenvalue weighted by atomic mass is 10.3. The quantitative estimate of drug-likeness (QED) is 0.542. The summed E-state index contributed by atoms with van der Waals surface area (Å²) in [4.78, 5) is 0. The highest BCUT2D eigenvalue weighted by Gasteiger charge is 2.18. The molecule has 0 radical (unpaired) electrons. The van der Waals surface area contributed by atoms with Crippen LogP contribution >= 0.6 is 29.3 Å². The van der Waals surface area contributed by atoms with Crippen molar-refractivity contribution in [3.8, 4) is 0 Å². The van der Waals surface area contributed by atoms with Crippen LogP contribution in [0.25, 0.3) is 0 Å². The molecule has 0 N–H and O–H groups in total. The van der Waals surface area contributed by atoms with Crippen molar-refractivity contribution in [2.45, 2.75) is 6.92 Å². The molecular weight excluding hydrogens is 190 g/mol. The van der Waals surface area contributed by atoms with Crippen LogP contribution < -0.4 is 0 Å². The summed E-state index contributed by atoms with van der Waals surface area (Å²) in [6.07, 6.45) is 2.08. The van der Waals surface area contributed by atoms with Gasteiger partial charge < -0.3 is 4.57 Å². The van der Waals surface area contributed by atoms with Gasteiger partial charge in [-0.2, -0.15) is 0 Å². The van der Waals surface area contributed by atoms with Crippen molar-refractivity contribution in [2.24, 2.45) is 0 Å². The molecule has 56 valence electrons. The second-order valence-electron chi connectivity index (χ2n) is 2.25. The molecule has 0 spiro atoms. The Morgan fingerprint density at radius 3 is 2.70 bits per heavy atom. The molecule has 1 unspecified atom stereocenters. The van der Waals surface area contributed by atoms with Gasteiger partial charge in [-0.25, -0.2) is 0 Å². The zero-order chi connectivity index (χ0) is 7.78. The van der Waals surface area contributed by atoms with Gasteiger partial charge in [0.05, 0.1) is 0 Å². The molecule has 0 fully saturated rings. The summed E-state index contributed by atoms with van der Waals surface area (Å²) in [6, 6.07) is 0. The van der Waals surface area contributed by atoms with E-state index < -0.39 is 6.49 Å². The summed E-state index contributed by atoms with van der Waals surface area (Å²) in [5.74, 6) is 1.55. The Morgan fingerprint density at radius 1 is 1.70 bits per heavy atom. The number of hydrogen-bond acceptors (Lipinski definition) is 1. The van der Waals surface area contributed by atoms with Crippen molar-refractivity contribution in [1.29, 1.82) is 0 Å². The third-order valence-corrected chi connectivity index (χ3v) is 3.90. The average Bonchev–Trinajstić information content (AvgIpc) is 1.79. The Morgan fingerprint density at radius 2 is 2.30 bits per heavy atom. The number of allylic oxidation sites excluding steroid dienone is 3. The van der Waals surface area contributed by atoms with E-state index in [-0.39, 0.29) is 0 Å². The van der Waals surface area contributed by atoms with E-state index in [1.807, 2.05) is 0 Å². The van der Waals surface area contributed by atoms with Crippen molar-refractivity contribution in [1.82, 2.24) is 0 Å². The highest BCUT2D eigenvalue weighted by Crippen LogP contribution is 2.56. The molecule has 10 heavy (non-hydrogen) atoms. The Labute approximate surface area is 69.9 Å². The van der Waals surface area contributed by atoms with Gasteiger partial charge in [0.1, 0.15) is 0 Å². The molecule has 0 saturated heterocycles. The smallest absolute Gasteiger partial charge is 0.194 e. The maximum absolute atomic E-state index is 11.2. The minimum Gasteiger partial charge on any atom is -0.302 e. The van der Waals surface area contributed by atoms with Gasteiger partial charge in [-0.05, 0) is 29.6 Å². The van der Waals surface area contributed by atoms with E-state index >= 15 is 0 Å². The first kappa shape index (κ1) is 8.39. The van der Waals surface area contributed by atoms with Crippen LogP contribution in [0.3, 0.4) is 0 Å². The normalized spacial score (nSPS) is 33.1. The molecule has 1 aliphatic rings. The monoisotopic (exact) mass is 196 g/mol. The lowest BCUT2D eigenvalue weighted by Gasteiger charge is -2.10. The minimum absolute atomic E-state index is 0.380. The fourth-order valence-electron chi connectivity index (χ4n) is 0.769. The summed E-state index contributed by atoms with van der Waals surface area (Å²) in [5.41, 5.74) is 0.811. The van der Waals surface area contributed by atoms with Gasteiger partial charge in [0.15, 0.2) is 6.49 Å². The lowest BCUT2D eigenvalue weighted by molar-refractivity contribution is 0.591. The van der Waals surface area contributed by atoms with E-state index in [1.165, 1.54) is 0 Å². The van der Waals surface area contributed by atoms with Gasteiger partial charge in [-0.1, -0.05) is 17.7 Å². The first-order valence-corrected chi connectivity index (χ1v) is 6.09. The summed E-state index contributed by atoms with van der Waals surface area (Å²) in [5, 5.41) is 0.659. The molecule has 0 saturated carbocycles. The summed E-state index contributed by atoms with van der Waals surface area (Å²) in [6.45, 7) is -0.732. The maximum Gasteiger partial charge on any atom is 0.194 e. The second kappa shape index (κ2) is 2.73. The summed E-state index contributed by atoms with van der Waals surface area (Å²) < 4.78 is 11.2. The van der Waals surface area contributed by atoms with E-state index in [9.17, 15) is 4.57 Å². The van der Waals surface area contributed by atoms with Gasteiger partial charge in [0.2, 0.25) is 0 Å². The highest BCUT2D eigenvalue weighted by molar-refractivity contribution is 7.91. The van der Waals surface area contributed by atoms with Crippen molar-refractivity contribution in [3.05, 3.63) is 22.5 Å². The van der Waals surface area contributed by atoms with Crippen molar-refractivity contribution in [3.63, 3.8) is 0 Å². The molecule has 1 rings (SSSR count). The van der Waals surface area contributed by atoms with E-state index in [0.717, 1.165) is 5.57 Å². The number of halogens is 2. The second-order valence-corrected chi connectivity index (χ2v) is 6.40. The van der Waals surface area contributed by atoms with Crippen LogP contribution in [0.15, 0.2) is 22.5 Å². The Balaban J connectivity index is 2.98. The maximum atomic E-state index is 11.2. The van der Waals surface area contributed by atoms with Gasteiger partial charge in [0.25, 0.3) is 0 Å². The fourth-order valence-corrected chi connectivity index (χ4v) is 2.99. The van der Waals surface area contributed by atoms with Crippen LogP contribution in [0.1, 0.15) is 6.92 Å². The lowest BCUT2D eigenvalue weighted by Crippen LogP contribution is -1.87. The summed E-state index contributed by atoms with van der Waals surface area (Å²) in [7, 11) is 0. The third-order valence-electron chi connectivity index (χ3n) is 1.28. The predicted octanol–water partition coefficient (Wildman–Crippen LogP) is 3.54. The molecule has 0 aromatic carbocycles. The van der Waals surface area contributed by atoms with Crippen LogP contribution in [-0.2, 0) is 4.57 Å². The molecule has 1 heterocycles. The Hall–Kier alpha value is 0.290. The molecule has 0 amide bonds. The minimum atomic E-state index is -2.53.